The predicted molar refractivity (Wildman–Crippen MR) is 106 cm³/mol. The normalized spacial score (nSPS) is 11.2. The van der Waals surface area contributed by atoms with E-state index in [1.807, 2.05) is 17.5 Å². The van der Waals surface area contributed by atoms with Gasteiger partial charge in [0.1, 0.15) is 10.6 Å². The minimum atomic E-state index is -3.80. The number of thiazole rings is 1. The van der Waals surface area contributed by atoms with Crippen LogP contribution in [0.2, 0.25) is 0 Å². The molecule has 2 N–H and O–H groups in total. The molecule has 0 radical (unpaired) electrons. The van der Waals surface area contributed by atoms with E-state index in [4.69, 9.17) is 4.74 Å². The summed E-state index contributed by atoms with van der Waals surface area (Å²) < 4.78 is 32.4. The molecule has 0 spiro atoms. The number of amides is 1. The topological polar surface area (TPSA) is 97.4 Å². The van der Waals surface area contributed by atoms with E-state index in [-0.39, 0.29) is 15.9 Å². The number of anilines is 1. The number of benzene rings is 1. The number of aryl methyl sites for hydroxylation is 1. The molecule has 3 rings (SSSR count). The molecule has 0 saturated heterocycles. The van der Waals surface area contributed by atoms with Crippen LogP contribution in [0.25, 0.3) is 0 Å². The molecule has 0 unspecified atom stereocenters. The molecule has 0 fully saturated rings. The lowest BCUT2D eigenvalue weighted by atomic mass is 10.3. The van der Waals surface area contributed by atoms with E-state index in [1.165, 1.54) is 19.2 Å². The molecule has 0 saturated carbocycles. The number of carbonyl (C=O) groups excluding carboxylic acids is 1. The molecular weight excluding hydrogens is 406 g/mol. The van der Waals surface area contributed by atoms with Crippen LogP contribution in [0.3, 0.4) is 0 Å². The van der Waals surface area contributed by atoms with Crippen molar-refractivity contribution < 1.29 is 17.9 Å². The van der Waals surface area contributed by atoms with Gasteiger partial charge < -0.3 is 10.1 Å². The molecule has 1 amide bonds. The fourth-order valence-corrected chi connectivity index (χ4v) is 5.00. The van der Waals surface area contributed by atoms with E-state index < -0.39 is 10.0 Å². The molecule has 142 valence electrons. The van der Waals surface area contributed by atoms with Crippen molar-refractivity contribution in [1.82, 2.24) is 10.3 Å². The number of carbonyl (C=O) groups is 1. The van der Waals surface area contributed by atoms with Crippen LogP contribution in [0, 0.1) is 6.92 Å². The fraction of sp³-hybridized carbons (Fsp3) is 0.176. The Balaban J connectivity index is 1.72. The van der Waals surface area contributed by atoms with Gasteiger partial charge in [-0.25, -0.2) is 13.4 Å². The second kappa shape index (κ2) is 8.07. The number of aromatic nitrogens is 1. The van der Waals surface area contributed by atoms with Crippen molar-refractivity contribution in [2.45, 2.75) is 18.4 Å². The van der Waals surface area contributed by atoms with Gasteiger partial charge in [0.25, 0.3) is 15.9 Å². The maximum atomic E-state index is 12.5. The highest BCUT2D eigenvalue weighted by atomic mass is 32.2. The molecule has 3 aromatic rings. The third-order valence-corrected chi connectivity index (χ3v) is 7.03. The summed E-state index contributed by atoms with van der Waals surface area (Å²) in [5.41, 5.74) is 0.469. The average molecular weight is 424 g/mol. The monoisotopic (exact) mass is 423 g/mol. The number of nitrogens with one attached hydrogen (secondary N) is 2. The molecule has 10 heteroatoms. The van der Waals surface area contributed by atoms with E-state index in [9.17, 15) is 13.2 Å². The molecule has 0 aliphatic heterocycles. The van der Waals surface area contributed by atoms with E-state index in [0.717, 1.165) is 16.2 Å². The van der Waals surface area contributed by atoms with Crippen LogP contribution >= 0.6 is 22.7 Å². The lowest BCUT2D eigenvalue weighted by molar-refractivity contribution is 0.0954. The first kappa shape index (κ1) is 19.3. The summed E-state index contributed by atoms with van der Waals surface area (Å²) in [6.45, 7) is 2.09. The van der Waals surface area contributed by atoms with Crippen molar-refractivity contribution in [3.05, 3.63) is 57.2 Å². The highest BCUT2D eigenvalue weighted by Crippen LogP contribution is 2.26. The van der Waals surface area contributed by atoms with Gasteiger partial charge in [0.15, 0.2) is 5.13 Å². The number of methoxy groups -OCH3 is 1. The maximum absolute atomic E-state index is 12.5. The average Bonchev–Trinajstić information content (AvgIpc) is 3.29. The van der Waals surface area contributed by atoms with Crippen molar-refractivity contribution in [1.29, 1.82) is 0 Å². The number of thiophene rings is 1. The van der Waals surface area contributed by atoms with E-state index in [1.54, 1.807) is 30.4 Å². The number of sulfonamides is 1. The Labute approximate surface area is 165 Å². The molecule has 0 bridgehead atoms. The maximum Gasteiger partial charge on any atom is 0.263 e. The van der Waals surface area contributed by atoms with E-state index in [0.29, 0.717) is 22.9 Å². The zero-order valence-electron chi connectivity index (χ0n) is 14.6. The molecule has 27 heavy (non-hydrogen) atoms. The summed E-state index contributed by atoms with van der Waals surface area (Å²) in [5.74, 6) is 0.275. The Morgan fingerprint density at radius 3 is 2.59 bits per heavy atom. The third kappa shape index (κ3) is 4.65. The molecular formula is C17H17N3O4S3. The van der Waals surface area contributed by atoms with Crippen LogP contribution in [0.5, 0.6) is 5.75 Å². The SMILES string of the molecule is COc1ccc(S(=O)(=O)Nc2nc(C)c(C(=O)NCc3cccs3)s2)cc1. The van der Waals surface area contributed by atoms with Gasteiger partial charge in [0.2, 0.25) is 0 Å². The largest absolute Gasteiger partial charge is 0.497 e. The number of hydrogen-bond donors (Lipinski definition) is 2. The Bertz CT molecular complexity index is 1030. The lowest BCUT2D eigenvalue weighted by Crippen LogP contribution is -2.22. The van der Waals surface area contributed by atoms with Crippen molar-refractivity contribution in [2.24, 2.45) is 0 Å². The Kier molecular flexibility index (Phi) is 5.78. The van der Waals surface area contributed by atoms with Gasteiger partial charge in [-0.1, -0.05) is 17.4 Å². The molecule has 2 heterocycles. The molecule has 0 aliphatic carbocycles. The Morgan fingerprint density at radius 1 is 1.22 bits per heavy atom. The van der Waals surface area contributed by atoms with Gasteiger partial charge in [-0.3, -0.25) is 9.52 Å². The van der Waals surface area contributed by atoms with Crippen LogP contribution in [0.4, 0.5) is 5.13 Å². The number of ether oxygens (including phenoxy) is 1. The van der Waals surface area contributed by atoms with Gasteiger partial charge in [0.05, 0.1) is 24.2 Å². The Hall–Kier alpha value is -2.43. The second-order valence-corrected chi connectivity index (χ2v) is 9.19. The summed E-state index contributed by atoms with van der Waals surface area (Å²) in [7, 11) is -2.30. The Morgan fingerprint density at radius 2 is 1.96 bits per heavy atom. The van der Waals surface area contributed by atoms with Crippen LogP contribution < -0.4 is 14.8 Å². The van der Waals surface area contributed by atoms with Crippen molar-refractivity contribution in [3.63, 3.8) is 0 Å². The molecule has 2 aromatic heterocycles. The standard InChI is InChI=1S/C17H17N3O4S3/c1-11-15(16(21)18-10-13-4-3-9-25-13)26-17(19-11)20-27(22,23)14-7-5-12(24-2)6-8-14/h3-9H,10H2,1-2H3,(H,18,21)(H,19,20). The van der Waals surface area contributed by atoms with Crippen LogP contribution in [-0.2, 0) is 16.6 Å². The van der Waals surface area contributed by atoms with Gasteiger partial charge in [-0.15, -0.1) is 11.3 Å². The lowest BCUT2D eigenvalue weighted by Gasteiger charge is -2.06. The van der Waals surface area contributed by atoms with Crippen molar-refractivity contribution in [2.75, 3.05) is 11.8 Å². The van der Waals surface area contributed by atoms with Gasteiger partial charge in [-0.2, -0.15) is 0 Å². The zero-order valence-corrected chi connectivity index (χ0v) is 17.0. The van der Waals surface area contributed by atoms with E-state index >= 15 is 0 Å². The predicted octanol–water partition coefficient (Wildman–Crippen LogP) is 3.25. The highest BCUT2D eigenvalue weighted by molar-refractivity contribution is 7.93. The first-order chi connectivity index (χ1) is 12.9. The first-order valence-corrected chi connectivity index (χ1v) is 11.0. The summed E-state index contributed by atoms with van der Waals surface area (Å²) in [5, 5.41) is 4.89. The van der Waals surface area contributed by atoms with Crippen LogP contribution in [0.15, 0.2) is 46.7 Å². The molecule has 0 atom stereocenters. The fourth-order valence-electron chi connectivity index (χ4n) is 2.24. The zero-order chi connectivity index (χ0) is 19.4. The summed E-state index contributed by atoms with van der Waals surface area (Å²) in [6.07, 6.45) is 0. The molecule has 0 aliphatic rings. The summed E-state index contributed by atoms with van der Waals surface area (Å²) in [4.78, 5) is 18.0. The summed E-state index contributed by atoms with van der Waals surface area (Å²) in [6, 6.07) is 9.85. The number of nitrogens with zero attached hydrogens (tertiary/aromatic N) is 1. The minimum absolute atomic E-state index is 0.0832. The van der Waals surface area contributed by atoms with Crippen molar-refractivity contribution in [3.8, 4) is 5.75 Å². The minimum Gasteiger partial charge on any atom is -0.497 e. The van der Waals surface area contributed by atoms with Crippen LogP contribution in [0.1, 0.15) is 20.2 Å². The number of hydrogen-bond acceptors (Lipinski definition) is 7. The van der Waals surface area contributed by atoms with Gasteiger partial charge in [-0.05, 0) is 42.6 Å². The quantitative estimate of drug-likeness (QED) is 0.608. The second-order valence-electron chi connectivity index (χ2n) is 5.48. The third-order valence-electron chi connectivity index (χ3n) is 3.60. The van der Waals surface area contributed by atoms with Crippen molar-refractivity contribution >= 4 is 43.7 Å². The van der Waals surface area contributed by atoms with Gasteiger partial charge in [0, 0.05) is 4.88 Å². The molecule has 7 nitrogen and oxygen atoms in total. The van der Waals surface area contributed by atoms with E-state index in [2.05, 4.69) is 15.0 Å². The highest BCUT2D eigenvalue weighted by Gasteiger charge is 2.20. The van der Waals surface area contributed by atoms with Gasteiger partial charge >= 0.3 is 0 Å². The smallest absolute Gasteiger partial charge is 0.263 e. The summed E-state index contributed by atoms with van der Waals surface area (Å²) >= 11 is 2.55. The molecule has 1 aromatic carbocycles. The first-order valence-electron chi connectivity index (χ1n) is 7.84. The number of rotatable bonds is 7. The van der Waals surface area contributed by atoms with Crippen LogP contribution in [-0.4, -0.2) is 26.4 Å².